The molecule has 2 heterocycles. The minimum atomic E-state index is -0.836. The SMILES string of the molecule is CCC(CC)NC(=O)C1CN(C(=O)c2nc(Cl)ccc2Cl)c2ccccc2O1. The van der Waals surface area contributed by atoms with Crippen molar-refractivity contribution < 1.29 is 14.3 Å². The second kappa shape index (κ2) is 8.80. The summed E-state index contributed by atoms with van der Waals surface area (Å²) in [5, 5.41) is 3.33. The number of benzene rings is 1. The van der Waals surface area contributed by atoms with Crippen molar-refractivity contribution in [3.8, 4) is 5.75 Å². The molecule has 28 heavy (non-hydrogen) atoms. The first kappa shape index (κ1) is 20.4. The van der Waals surface area contributed by atoms with Crippen LogP contribution in [0.1, 0.15) is 37.2 Å². The van der Waals surface area contributed by atoms with Gasteiger partial charge in [-0.3, -0.25) is 14.5 Å². The number of fused-ring (bicyclic) bond motifs is 1. The summed E-state index contributed by atoms with van der Waals surface area (Å²) in [6.07, 6.45) is 0.796. The molecule has 0 radical (unpaired) electrons. The first-order valence-corrected chi connectivity index (χ1v) is 9.90. The molecule has 1 aromatic carbocycles. The van der Waals surface area contributed by atoms with Gasteiger partial charge in [0.1, 0.15) is 16.6 Å². The molecule has 2 amide bonds. The van der Waals surface area contributed by atoms with Crippen LogP contribution in [0.2, 0.25) is 10.2 Å². The van der Waals surface area contributed by atoms with Gasteiger partial charge in [-0.25, -0.2) is 4.98 Å². The molecule has 1 unspecified atom stereocenters. The topological polar surface area (TPSA) is 71.5 Å². The number of hydrogen-bond donors (Lipinski definition) is 1. The number of anilines is 1. The van der Waals surface area contributed by atoms with Crippen LogP contribution in [0.25, 0.3) is 0 Å². The minimum absolute atomic E-state index is 0.0324. The van der Waals surface area contributed by atoms with Crippen molar-refractivity contribution in [2.45, 2.75) is 38.8 Å². The lowest BCUT2D eigenvalue weighted by Gasteiger charge is -2.34. The van der Waals surface area contributed by atoms with Crippen LogP contribution in [0.5, 0.6) is 5.75 Å². The maximum Gasteiger partial charge on any atom is 0.278 e. The van der Waals surface area contributed by atoms with E-state index >= 15 is 0 Å². The summed E-state index contributed by atoms with van der Waals surface area (Å²) in [6, 6.07) is 10.1. The van der Waals surface area contributed by atoms with E-state index in [0.29, 0.717) is 11.4 Å². The monoisotopic (exact) mass is 421 g/mol. The van der Waals surface area contributed by atoms with Gasteiger partial charge in [0.05, 0.1) is 17.3 Å². The van der Waals surface area contributed by atoms with E-state index in [0.717, 1.165) is 12.8 Å². The van der Waals surface area contributed by atoms with Crippen molar-refractivity contribution in [1.82, 2.24) is 10.3 Å². The van der Waals surface area contributed by atoms with Crippen molar-refractivity contribution in [2.75, 3.05) is 11.4 Å². The first-order valence-electron chi connectivity index (χ1n) is 9.14. The number of para-hydroxylation sites is 2. The van der Waals surface area contributed by atoms with Crippen LogP contribution in [-0.2, 0) is 4.79 Å². The van der Waals surface area contributed by atoms with E-state index in [-0.39, 0.29) is 34.4 Å². The Balaban J connectivity index is 1.92. The van der Waals surface area contributed by atoms with Gasteiger partial charge in [0.15, 0.2) is 6.10 Å². The molecule has 0 fully saturated rings. The van der Waals surface area contributed by atoms with Crippen LogP contribution in [0.4, 0.5) is 5.69 Å². The highest BCUT2D eigenvalue weighted by Gasteiger charge is 2.35. The van der Waals surface area contributed by atoms with E-state index in [9.17, 15) is 9.59 Å². The van der Waals surface area contributed by atoms with Crippen LogP contribution >= 0.6 is 23.2 Å². The number of hydrogen-bond acceptors (Lipinski definition) is 4. The van der Waals surface area contributed by atoms with Crippen molar-refractivity contribution in [3.05, 3.63) is 52.3 Å². The number of carbonyl (C=O) groups excluding carboxylic acids is 2. The van der Waals surface area contributed by atoms with Gasteiger partial charge < -0.3 is 10.1 Å². The van der Waals surface area contributed by atoms with E-state index in [2.05, 4.69) is 10.3 Å². The van der Waals surface area contributed by atoms with E-state index in [1.807, 2.05) is 13.8 Å². The predicted molar refractivity (Wildman–Crippen MR) is 109 cm³/mol. The fourth-order valence-corrected chi connectivity index (χ4v) is 3.38. The molecular weight excluding hydrogens is 401 g/mol. The molecule has 1 aromatic heterocycles. The van der Waals surface area contributed by atoms with Gasteiger partial charge in [-0.05, 0) is 37.1 Å². The Kier molecular flexibility index (Phi) is 6.42. The Labute approximate surface area is 173 Å². The quantitative estimate of drug-likeness (QED) is 0.737. The molecule has 6 nitrogen and oxygen atoms in total. The average molecular weight is 422 g/mol. The standard InChI is InChI=1S/C20H21Cl2N3O3/c1-3-12(4-2)23-19(26)16-11-25(14-7-5-6-8-15(14)28-16)20(27)18-13(21)9-10-17(22)24-18/h5-10,12,16H,3-4,11H2,1-2H3,(H,23,26). The number of aromatic nitrogens is 1. The highest BCUT2D eigenvalue weighted by atomic mass is 35.5. The number of halogens is 2. The highest BCUT2D eigenvalue weighted by Crippen LogP contribution is 2.34. The zero-order valence-corrected chi connectivity index (χ0v) is 17.1. The fraction of sp³-hybridized carbons (Fsp3) is 0.350. The lowest BCUT2D eigenvalue weighted by Crippen LogP contribution is -2.52. The molecule has 1 aliphatic heterocycles. The molecular formula is C20H21Cl2N3O3. The number of amides is 2. The number of nitrogens with one attached hydrogen (secondary N) is 1. The Morgan fingerprint density at radius 3 is 2.64 bits per heavy atom. The van der Waals surface area contributed by atoms with E-state index < -0.39 is 12.0 Å². The van der Waals surface area contributed by atoms with Crippen LogP contribution in [-0.4, -0.2) is 35.5 Å². The zero-order valence-electron chi connectivity index (χ0n) is 15.6. The molecule has 3 rings (SSSR count). The summed E-state index contributed by atoms with van der Waals surface area (Å²) in [7, 11) is 0. The molecule has 0 spiro atoms. The normalized spacial score (nSPS) is 15.8. The van der Waals surface area contributed by atoms with Gasteiger partial charge >= 0.3 is 0 Å². The third kappa shape index (κ3) is 4.23. The van der Waals surface area contributed by atoms with Crippen LogP contribution in [0.3, 0.4) is 0 Å². The second-order valence-electron chi connectivity index (χ2n) is 6.48. The maximum atomic E-state index is 13.2. The summed E-state index contributed by atoms with van der Waals surface area (Å²) in [5.74, 6) is -0.250. The summed E-state index contributed by atoms with van der Waals surface area (Å²) >= 11 is 12.1. The van der Waals surface area contributed by atoms with Gasteiger partial charge in [-0.1, -0.05) is 49.2 Å². The Bertz CT molecular complexity index is 887. The Morgan fingerprint density at radius 2 is 1.93 bits per heavy atom. The van der Waals surface area contributed by atoms with Crippen LogP contribution in [0.15, 0.2) is 36.4 Å². The minimum Gasteiger partial charge on any atom is -0.477 e. The molecule has 8 heteroatoms. The van der Waals surface area contributed by atoms with Crippen molar-refractivity contribution >= 4 is 40.7 Å². The fourth-order valence-electron chi connectivity index (χ4n) is 3.05. The number of ether oxygens (including phenoxy) is 1. The largest absolute Gasteiger partial charge is 0.477 e. The molecule has 0 saturated carbocycles. The summed E-state index contributed by atoms with van der Waals surface area (Å²) in [6.45, 7) is 4.06. The zero-order chi connectivity index (χ0) is 20.3. The number of nitrogens with zero attached hydrogens (tertiary/aromatic N) is 2. The predicted octanol–water partition coefficient (Wildman–Crippen LogP) is 4.10. The van der Waals surface area contributed by atoms with E-state index in [1.54, 1.807) is 24.3 Å². The molecule has 148 valence electrons. The summed E-state index contributed by atoms with van der Waals surface area (Å²) in [5.41, 5.74) is 0.585. The molecule has 0 saturated heterocycles. The number of rotatable bonds is 5. The van der Waals surface area contributed by atoms with Crippen LogP contribution < -0.4 is 15.0 Å². The molecule has 0 aliphatic carbocycles. The van der Waals surface area contributed by atoms with Crippen molar-refractivity contribution in [2.24, 2.45) is 0 Å². The third-order valence-corrected chi connectivity index (χ3v) is 5.17. The Hall–Kier alpha value is -2.31. The summed E-state index contributed by atoms with van der Waals surface area (Å²) in [4.78, 5) is 31.4. The third-order valence-electron chi connectivity index (χ3n) is 4.66. The second-order valence-corrected chi connectivity index (χ2v) is 7.27. The molecule has 0 bridgehead atoms. The van der Waals surface area contributed by atoms with Crippen LogP contribution in [0, 0.1) is 0 Å². The number of pyridine rings is 1. The lowest BCUT2D eigenvalue weighted by atomic mass is 10.1. The highest BCUT2D eigenvalue weighted by molar-refractivity contribution is 6.35. The molecule has 2 aromatic rings. The van der Waals surface area contributed by atoms with Gasteiger partial charge in [0.25, 0.3) is 11.8 Å². The average Bonchev–Trinajstić information content (AvgIpc) is 2.72. The van der Waals surface area contributed by atoms with Crippen molar-refractivity contribution in [3.63, 3.8) is 0 Å². The van der Waals surface area contributed by atoms with E-state index in [4.69, 9.17) is 27.9 Å². The summed E-state index contributed by atoms with van der Waals surface area (Å²) < 4.78 is 5.87. The first-order chi connectivity index (χ1) is 13.4. The maximum absolute atomic E-state index is 13.2. The van der Waals surface area contributed by atoms with Gasteiger partial charge in [0, 0.05) is 6.04 Å². The molecule has 1 N–H and O–H groups in total. The Morgan fingerprint density at radius 1 is 1.21 bits per heavy atom. The number of carbonyl (C=O) groups is 2. The van der Waals surface area contributed by atoms with E-state index in [1.165, 1.54) is 17.0 Å². The van der Waals surface area contributed by atoms with Crippen molar-refractivity contribution in [1.29, 1.82) is 0 Å². The lowest BCUT2D eigenvalue weighted by molar-refractivity contribution is -0.128. The van der Waals surface area contributed by atoms with Gasteiger partial charge in [-0.2, -0.15) is 0 Å². The smallest absolute Gasteiger partial charge is 0.278 e. The van der Waals surface area contributed by atoms with Gasteiger partial charge in [0.2, 0.25) is 0 Å². The van der Waals surface area contributed by atoms with Gasteiger partial charge in [-0.15, -0.1) is 0 Å². The molecule has 1 atom stereocenters. The molecule has 1 aliphatic rings.